The molecule has 0 aliphatic rings. The van der Waals surface area contributed by atoms with Gasteiger partial charge in [-0.05, 0) is 25.5 Å². The van der Waals surface area contributed by atoms with E-state index in [9.17, 15) is 4.79 Å². The van der Waals surface area contributed by atoms with Gasteiger partial charge in [0.25, 0.3) is 0 Å². The molecule has 1 aromatic rings. The van der Waals surface area contributed by atoms with E-state index in [1.165, 1.54) is 15.3 Å². The fraction of sp³-hybridized carbons (Fsp3) is 0.455. The van der Waals surface area contributed by atoms with Crippen LogP contribution in [0.4, 0.5) is 0 Å². The second-order valence-corrected chi connectivity index (χ2v) is 4.83. The van der Waals surface area contributed by atoms with Crippen molar-refractivity contribution in [2.45, 2.75) is 20.4 Å². The van der Waals surface area contributed by atoms with Crippen molar-refractivity contribution < 1.29 is 4.79 Å². The Morgan fingerprint density at radius 1 is 1.56 bits per heavy atom. The van der Waals surface area contributed by atoms with E-state index in [2.05, 4.69) is 30.5 Å². The third kappa shape index (κ3) is 4.01. The molecular weight excluding hydrogens is 222 g/mol. The van der Waals surface area contributed by atoms with Crippen LogP contribution in [0.5, 0.6) is 0 Å². The van der Waals surface area contributed by atoms with Gasteiger partial charge in [-0.25, -0.2) is 0 Å². The highest BCUT2D eigenvalue weighted by molar-refractivity contribution is 7.12. The number of nitriles is 1. The van der Waals surface area contributed by atoms with Crippen LogP contribution in [-0.4, -0.2) is 19.0 Å². The van der Waals surface area contributed by atoms with E-state index in [1.54, 1.807) is 11.3 Å². The van der Waals surface area contributed by atoms with Gasteiger partial charge in [-0.15, -0.1) is 11.3 Å². The largest absolute Gasteiger partial charge is 0.342 e. The maximum atomic E-state index is 11.1. The number of thiophene rings is 1. The third-order valence-corrected chi connectivity index (χ3v) is 3.32. The first-order chi connectivity index (χ1) is 7.63. The smallest absolute Gasteiger partial charge is 0.234 e. The van der Waals surface area contributed by atoms with Gasteiger partial charge in [0.15, 0.2) is 0 Å². The van der Waals surface area contributed by atoms with Crippen LogP contribution in [0.3, 0.4) is 0 Å². The Labute approximate surface area is 99.3 Å². The lowest BCUT2D eigenvalue weighted by atomic mass is 10.3. The fourth-order valence-electron chi connectivity index (χ4n) is 1.24. The Morgan fingerprint density at radius 2 is 2.31 bits per heavy atom. The SMILES string of the molecule is Cc1cc(CNCC(=O)NCC#N)sc1C. The number of carbonyl (C=O) groups is 1. The van der Waals surface area contributed by atoms with Crippen LogP contribution in [0.15, 0.2) is 6.07 Å². The van der Waals surface area contributed by atoms with Crippen LogP contribution < -0.4 is 10.6 Å². The summed E-state index contributed by atoms with van der Waals surface area (Å²) in [5, 5.41) is 13.8. The molecule has 1 heterocycles. The molecule has 0 bridgehead atoms. The van der Waals surface area contributed by atoms with Gasteiger partial charge in [-0.1, -0.05) is 0 Å². The highest BCUT2D eigenvalue weighted by Crippen LogP contribution is 2.19. The Balaban J connectivity index is 2.25. The first kappa shape index (κ1) is 12.7. The van der Waals surface area contributed by atoms with Crippen molar-refractivity contribution in [2.24, 2.45) is 0 Å². The molecule has 0 aliphatic carbocycles. The minimum absolute atomic E-state index is 0.0672. The summed E-state index contributed by atoms with van der Waals surface area (Å²) < 4.78 is 0. The molecule has 0 aromatic carbocycles. The summed E-state index contributed by atoms with van der Waals surface area (Å²) in [7, 11) is 0. The second-order valence-electron chi connectivity index (χ2n) is 3.49. The maximum Gasteiger partial charge on any atom is 0.234 e. The average molecular weight is 237 g/mol. The van der Waals surface area contributed by atoms with Crippen molar-refractivity contribution >= 4 is 17.2 Å². The van der Waals surface area contributed by atoms with Crippen molar-refractivity contribution in [3.8, 4) is 6.07 Å². The van der Waals surface area contributed by atoms with Crippen LogP contribution >= 0.6 is 11.3 Å². The van der Waals surface area contributed by atoms with E-state index < -0.39 is 0 Å². The summed E-state index contributed by atoms with van der Waals surface area (Å²) in [6.07, 6.45) is 0. The normalized spacial score (nSPS) is 9.81. The number of nitrogens with zero attached hydrogens (tertiary/aromatic N) is 1. The number of amides is 1. The summed E-state index contributed by atoms with van der Waals surface area (Å²) in [5.74, 6) is -0.147. The predicted molar refractivity (Wildman–Crippen MR) is 64.1 cm³/mol. The molecule has 1 rings (SSSR count). The molecule has 0 fully saturated rings. The van der Waals surface area contributed by atoms with Crippen molar-refractivity contribution in [3.63, 3.8) is 0 Å². The molecule has 5 heteroatoms. The highest BCUT2D eigenvalue weighted by Gasteiger charge is 2.03. The van der Waals surface area contributed by atoms with E-state index in [0.717, 1.165) is 0 Å². The zero-order valence-electron chi connectivity index (χ0n) is 9.46. The lowest BCUT2D eigenvalue weighted by Crippen LogP contribution is -2.33. The van der Waals surface area contributed by atoms with Crippen molar-refractivity contribution in [2.75, 3.05) is 13.1 Å². The number of hydrogen-bond acceptors (Lipinski definition) is 4. The maximum absolute atomic E-state index is 11.1. The Hall–Kier alpha value is -1.38. The highest BCUT2D eigenvalue weighted by atomic mass is 32.1. The molecule has 86 valence electrons. The van der Waals surface area contributed by atoms with E-state index in [4.69, 9.17) is 5.26 Å². The fourth-order valence-corrected chi connectivity index (χ4v) is 2.26. The van der Waals surface area contributed by atoms with Crippen LogP contribution in [-0.2, 0) is 11.3 Å². The van der Waals surface area contributed by atoms with Gasteiger partial charge in [0.05, 0.1) is 12.6 Å². The lowest BCUT2D eigenvalue weighted by molar-refractivity contribution is -0.120. The first-order valence-corrected chi connectivity index (χ1v) is 5.85. The molecule has 0 unspecified atom stereocenters. The quantitative estimate of drug-likeness (QED) is 0.754. The van der Waals surface area contributed by atoms with E-state index in [-0.39, 0.29) is 19.0 Å². The molecule has 2 N–H and O–H groups in total. The number of nitrogens with one attached hydrogen (secondary N) is 2. The standard InChI is InChI=1S/C11H15N3OS/c1-8-5-10(16-9(8)2)6-13-7-11(15)14-4-3-12/h5,13H,4,6-7H2,1-2H3,(H,14,15). The Morgan fingerprint density at radius 3 is 2.88 bits per heavy atom. The Bertz CT molecular complexity index is 386. The van der Waals surface area contributed by atoms with Crippen LogP contribution in [0, 0.1) is 25.2 Å². The molecule has 0 saturated carbocycles. The molecule has 16 heavy (non-hydrogen) atoms. The van der Waals surface area contributed by atoms with Gasteiger partial charge in [-0.2, -0.15) is 5.26 Å². The third-order valence-electron chi connectivity index (χ3n) is 2.17. The van der Waals surface area contributed by atoms with E-state index in [0.29, 0.717) is 6.54 Å². The molecule has 1 amide bonds. The summed E-state index contributed by atoms with van der Waals surface area (Å²) in [6, 6.07) is 3.99. The molecule has 0 aliphatic heterocycles. The number of carbonyl (C=O) groups excluding carboxylic acids is 1. The van der Waals surface area contributed by atoms with Crippen molar-refractivity contribution in [3.05, 3.63) is 21.4 Å². The summed E-state index contributed by atoms with van der Waals surface area (Å²) in [4.78, 5) is 13.7. The van der Waals surface area contributed by atoms with Crippen LogP contribution in [0.2, 0.25) is 0 Å². The zero-order chi connectivity index (χ0) is 12.0. The van der Waals surface area contributed by atoms with Gasteiger partial charge in [0.2, 0.25) is 5.91 Å². The van der Waals surface area contributed by atoms with E-state index in [1.807, 2.05) is 6.07 Å². The summed E-state index contributed by atoms with van der Waals surface area (Å²) >= 11 is 1.74. The van der Waals surface area contributed by atoms with Gasteiger partial charge in [0, 0.05) is 16.3 Å². The average Bonchev–Trinajstić information content (AvgIpc) is 2.55. The number of rotatable bonds is 5. The van der Waals surface area contributed by atoms with Gasteiger partial charge < -0.3 is 10.6 Å². The first-order valence-electron chi connectivity index (χ1n) is 5.03. The van der Waals surface area contributed by atoms with Crippen LogP contribution in [0.1, 0.15) is 15.3 Å². The predicted octanol–water partition coefficient (Wildman–Crippen LogP) is 1.09. The van der Waals surface area contributed by atoms with Crippen molar-refractivity contribution in [1.82, 2.24) is 10.6 Å². The van der Waals surface area contributed by atoms with Crippen LogP contribution in [0.25, 0.3) is 0 Å². The Kier molecular flexibility index (Phi) is 4.96. The lowest BCUT2D eigenvalue weighted by Gasteiger charge is -2.02. The molecule has 0 spiro atoms. The molecule has 0 radical (unpaired) electrons. The topological polar surface area (TPSA) is 64.9 Å². The molecule has 4 nitrogen and oxygen atoms in total. The van der Waals surface area contributed by atoms with E-state index >= 15 is 0 Å². The minimum Gasteiger partial charge on any atom is -0.342 e. The van der Waals surface area contributed by atoms with Gasteiger partial charge in [-0.3, -0.25) is 4.79 Å². The monoisotopic (exact) mass is 237 g/mol. The number of hydrogen-bond donors (Lipinski definition) is 2. The van der Waals surface area contributed by atoms with Gasteiger partial charge >= 0.3 is 0 Å². The number of aryl methyl sites for hydroxylation is 2. The summed E-state index contributed by atoms with van der Waals surface area (Å²) in [5.41, 5.74) is 1.29. The molecular formula is C11H15N3OS. The molecule has 1 aromatic heterocycles. The van der Waals surface area contributed by atoms with Gasteiger partial charge in [0.1, 0.15) is 6.54 Å². The molecule has 0 atom stereocenters. The molecule has 0 saturated heterocycles. The zero-order valence-corrected chi connectivity index (χ0v) is 10.3. The summed E-state index contributed by atoms with van der Waals surface area (Å²) in [6.45, 7) is 5.17. The van der Waals surface area contributed by atoms with Crippen molar-refractivity contribution in [1.29, 1.82) is 5.26 Å². The minimum atomic E-state index is -0.147. The second kappa shape index (κ2) is 6.26.